The second-order valence-corrected chi connectivity index (χ2v) is 8.06. The van der Waals surface area contributed by atoms with Crippen molar-refractivity contribution in [3.63, 3.8) is 0 Å². The molecule has 1 aromatic carbocycles. The standard InChI is InChI=1S/C23H37NO3/c1-3-8-20-12-11-18(4-2)21(13-14-23-26-15-16-27-23)24(20)22(17-25)19-9-6-5-7-10-19/h5-7,9-10,18,20-23,25H,3-4,8,11-17H2,1-2H3/t18-,20+,21-,22-/m0/s1. The Kier molecular flexibility index (Phi) is 8.13. The van der Waals surface area contributed by atoms with Crippen molar-refractivity contribution >= 4 is 0 Å². The molecule has 1 aromatic rings. The Morgan fingerprint density at radius 2 is 1.78 bits per heavy atom. The van der Waals surface area contributed by atoms with E-state index >= 15 is 0 Å². The van der Waals surface area contributed by atoms with E-state index in [1.165, 1.54) is 37.7 Å². The molecule has 2 fully saturated rings. The minimum atomic E-state index is -0.0415. The van der Waals surface area contributed by atoms with Crippen LogP contribution in [-0.2, 0) is 9.47 Å². The average molecular weight is 376 g/mol. The first-order valence-electron chi connectivity index (χ1n) is 10.9. The Bertz CT molecular complexity index is 532. The van der Waals surface area contributed by atoms with Crippen molar-refractivity contribution in [1.82, 2.24) is 4.90 Å². The predicted octanol–water partition coefficient (Wildman–Crippen LogP) is 4.53. The van der Waals surface area contributed by atoms with Gasteiger partial charge in [0, 0.05) is 12.1 Å². The molecule has 0 aromatic heterocycles. The van der Waals surface area contributed by atoms with Crippen molar-refractivity contribution < 1.29 is 14.6 Å². The van der Waals surface area contributed by atoms with Crippen molar-refractivity contribution in [2.24, 2.45) is 5.92 Å². The van der Waals surface area contributed by atoms with Crippen LogP contribution in [0.15, 0.2) is 30.3 Å². The summed E-state index contributed by atoms with van der Waals surface area (Å²) in [5.74, 6) is 0.678. The summed E-state index contributed by atoms with van der Waals surface area (Å²) in [6.45, 7) is 6.20. The number of benzene rings is 1. The number of aliphatic hydroxyl groups excluding tert-OH is 1. The average Bonchev–Trinajstić information content (AvgIpc) is 3.23. The monoisotopic (exact) mass is 375 g/mol. The Morgan fingerprint density at radius 1 is 1.04 bits per heavy atom. The van der Waals surface area contributed by atoms with Gasteiger partial charge in [-0.1, -0.05) is 57.0 Å². The minimum Gasteiger partial charge on any atom is -0.394 e. The fourth-order valence-electron chi connectivity index (χ4n) is 5.16. The molecule has 2 saturated heterocycles. The lowest BCUT2D eigenvalue weighted by Gasteiger charge is -2.50. The Hall–Kier alpha value is -0.940. The van der Waals surface area contributed by atoms with Gasteiger partial charge in [-0.05, 0) is 43.6 Å². The summed E-state index contributed by atoms with van der Waals surface area (Å²) in [5, 5.41) is 10.4. The van der Waals surface area contributed by atoms with E-state index < -0.39 is 0 Å². The predicted molar refractivity (Wildman–Crippen MR) is 109 cm³/mol. The third-order valence-corrected chi connectivity index (χ3v) is 6.47. The third-order valence-electron chi connectivity index (χ3n) is 6.47. The van der Waals surface area contributed by atoms with Gasteiger partial charge in [0.25, 0.3) is 0 Å². The fraction of sp³-hybridized carbons (Fsp3) is 0.739. The largest absolute Gasteiger partial charge is 0.394 e. The van der Waals surface area contributed by atoms with Gasteiger partial charge in [-0.15, -0.1) is 0 Å². The lowest BCUT2D eigenvalue weighted by atomic mass is 9.79. The molecule has 27 heavy (non-hydrogen) atoms. The topological polar surface area (TPSA) is 41.9 Å². The van der Waals surface area contributed by atoms with E-state index in [1.807, 2.05) is 0 Å². The van der Waals surface area contributed by atoms with Gasteiger partial charge in [-0.3, -0.25) is 4.90 Å². The quantitative estimate of drug-likeness (QED) is 0.688. The van der Waals surface area contributed by atoms with Crippen LogP contribution in [0.4, 0.5) is 0 Å². The van der Waals surface area contributed by atoms with Crippen LogP contribution in [0, 0.1) is 5.92 Å². The minimum absolute atomic E-state index is 0.0415. The summed E-state index contributed by atoms with van der Waals surface area (Å²) < 4.78 is 11.4. The van der Waals surface area contributed by atoms with Crippen LogP contribution in [0.5, 0.6) is 0 Å². The van der Waals surface area contributed by atoms with E-state index in [-0.39, 0.29) is 18.9 Å². The van der Waals surface area contributed by atoms with Gasteiger partial charge in [-0.2, -0.15) is 0 Å². The van der Waals surface area contributed by atoms with E-state index in [1.54, 1.807) is 0 Å². The fourth-order valence-corrected chi connectivity index (χ4v) is 5.16. The van der Waals surface area contributed by atoms with E-state index in [9.17, 15) is 5.11 Å². The van der Waals surface area contributed by atoms with Crippen LogP contribution in [0.25, 0.3) is 0 Å². The molecule has 0 spiro atoms. The molecular formula is C23H37NO3. The molecular weight excluding hydrogens is 338 g/mol. The van der Waals surface area contributed by atoms with Gasteiger partial charge in [0.05, 0.1) is 25.9 Å². The smallest absolute Gasteiger partial charge is 0.157 e. The van der Waals surface area contributed by atoms with Crippen LogP contribution in [0.1, 0.15) is 70.4 Å². The number of hydrogen-bond donors (Lipinski definition) is 1. The Morgan fingerprint density at radius 3 is 2.41 bits per heavy atom. The summed E-state index contributed by atoms with van der Waals surface area (Å²) in [6.07, 6.45) is 8.10. The summed E-state index contributed by atoms with van der Waals surface area (Å²) >= 11 is 0. The van der Waals surface area contributed by atoms with Crippen molar-refractivity contribution in [1.29, 1.82) is 0 Å². The van der Waals surface area contributed by atoms with Crippen LogP contribution in [0.3, 0.4) is 0 Å². The molecule has 4 heteroatoms. The maximum Gasteiger partial charge on any atom is 0.157 e. The zero-order chi connectivity index (χ0) is 19.1. The second-order valence-electron chi connectivity index (χ2n) is 8.06. The molecule has 0 aliphatic carbocycles. The van der Waals surface area contributed by atoms with E-state index in [0.717, 1.165) is 26.1 Å². The van der Waals surface area contributed by atoms with E-state index in [0.29, 0.717) is 18.0 Å². The SMILES string of the molecule is CCC[C@@H]1CC[C@H](CC)[C@H](CCC2OCCO2)N1[C@@H](CO)c1ccccc1. The second kappa shape index (κ2) is 10.6. The first-order valence-corrected chi connectivity index (χ1v) is 10.9. The summed E-state index contributed by atoms with van der Waals surface area (Å²) in [6, 6.07) is 11.7. The number of ether oxygens (including phenoxy) is 2. The summed E-state index contributed by atoms with van der Waals surface area (Å²) in [7, 11) is 0. The van der Waals surface area contributed by atoms with Crippen LogP contribution in [0.2, 0.25) is 0 Å². The molecule has 0 radical (unpaired) electrons. The first kappa shape index (κ1) is 20.8. The molecule has 0 saturated carbocycles. The van der Waals surface area contributed by atoms with Crippen molar-refractivity contribution in [3.05, 3.63) is 35.9 Å². The lowest BCUT2D eigenvalue weighted by Crippen LogP contribution is -2.53. The molecule has 4 atom stereocenters. The van der Waals surface area contributed by atoms with Gasteiger partial charge in [-0.25, -0.2) is 0 Å². The molecule has 3 rings (SSSR count). The first-order chi connectivity index (χ1) is 13.3. The zero-order valence-corrected chi connectivity index (χ0v) is 17.1. The highest BCUT2D eigenvalue weighted by molar-refractivity contribution is 5.20. The third kappa shape index (κ3) is 5.11. The molecule has 2 aliphatic heterocycles. The Labute approximate surface area is 164 Å². The number of aliphatic hydroxyl groups is 1. The number of piperidine rings is 1. The highest BCUT2D eigenvalue weighted by Gasteiger charge is 2.40. The Balaban J connectivity index is 1.84. The molecule has 2 aliphatic rings. The molecule has 0 bridgehead atoms. The summed E-state index contributed by atoms with van der Waals surface area (Å²) in [4.78, 5) is 2.67. The molecule has 152 valence electrons. The summed E-state index contributed by atoms with van der Waals surface area (Å²) in [5.41, 5.74) is 1.23. The van der Waals surface area contributed by atoms with Gasteiger partial charge >= 0.3 is 0 Å². The molecule has 1 N–H and O–H groups in total. The zero-order valence-electron chi connectivity index (χ0n) is 17.1. The van der Waals surface area contributed by atoms with Crippen molar-refractivity contribution in [2.45, 2.75) is 83.2 Å². The number of rotatable bonds is 9. The van der Waals surface area contributed by atoms with E-state index in [4.69, 9.17) is 9.47 Å². The lowest BCUT2D eigenvalue weighted by molar-refractivity contribution is -0.0693. The normalized spacial score (nSPS) is 28.5. The van der Waals surface area contributed by atoms with Crippen LogP contribution >= 0.6 is 0 Å². The number of hydrogen-bond acceptors (Lipinski definition) is 4. The van der Waals surface area contributed by atoms with Gasteiger partial charge in [0.15, 0.2) is 6.29 Å². The highest BCUT2D eigenvalue weighted by atomic mass is 16.7. The maximum absolute atomic E-state index is 10.4. The van der Waals surface area contributed by atoms with Crippen molar-refractivity contribution in [2.75, 3.05) is 19.8 Å². The maximum atomic E-state index is 10.4. The van der Waals surface area contributed by atoms with E-state index in [2.05, 4.69) is 49.1 Å². The van der Waals surface area contributed by atoms with Gasteiger partial charge in [0.2, 0.25) is 0 Å². The van der Waals surface area contributed by atoms with Crippen LogP contribution in [-0.4, -0.2) is 48.2 Å². The van der Waals surface area contributed by atoms with Gasteiger partial charge in [0.1, 0.15) is 0 Å². The highest BCUT2D eigenvalue weighted by Crippen LogP contribution is 2.40. The molecule has 4 nitrogen and oxygen atoms in total. The number of nitrogens with zero attached hydrogens (tertiary/aromatic N) is 1. The van der Waals surface area contributed by atoms with Gasteiger partial charge < -0.3 is 14.6 Å². The molecule has 0 unspecified atom stereocenters. The van der Waals surface area contributed by atoms with Crippen molar-refractivity contribution in [3.8, 4) is 0 Å². The number of likely N-dealkylation sites (tertiary alicyclic amines) is 1. The van der Waals surface area contributed by atoms with Crippen LogP contribution < -0.4 is 0 Å². The molecule has 2 heterocycles. The molecule has 0 amide bonds.